The van der Waals surface area contributed by atoms with Crippen molar-refractivity contribution in [2.45, 2.75) is 11.8 Å². The van der Waals surface area contributed by atoms with E-state index < -0.39 is 0 Å². The maximum Gasteiger partial charge on any atom is 0.340 e. The van der Waals surface area contributed by atoms with Crippen LogP contribution < -0.4 is 0 Å². The molecule has 1 heterocycles. The number of pyridine rings is 1. The zero-order chi connectivity index (χ0) is 13.1. The molecule has 0 aliphatic rings. The summed E-state index contributed by atoms with van der Waals surface area (Å²) in [5.41, 5.74) is 1.42. The van der Waals surface area contributed by atoms with Crippen LogP contribution in [0.1, 0.15) is 17.3 Å². The average Bonchev–Trinajstić information content (AvgIpc) is 2.39. The van der Waals surface area contributed by atoms with E-state index in [1.165, 1.54) is 0 Å². The largest absolute Gasteiger partial charge is 0.462 e. The standard InChI is InChI=1S/C13H12INO2S/c1-3-17-13(16)10-7-15-11-5-4-8(18-2)6-9(11)12(10)14/h4-7H,3H2,1-2H3. The molecule has 0 bridgehead atoms. The number of carbonyl (C=O) groups is 1. The summed E-state index contributed by atoms with van der Waals surface area (Å²) in [5, 5.41) is 0.994. The predicted molar refractivity (Wildman–Crippen MR) is 82.2 cm³/mol. The minimum Gasteiger partial charge on any atom is -0.462 e. The smallest absolute Gasteiger partial charge is 0.340 e. The van der Waals surface area contributed by atoms with Crippen LogP contribution in [0.3, 0.4) is 0 Å². The van der Waals surface area contributed by atoms with Gasteiger partial charge in [0, 0.05) is 20.0 Å². The number of ether oxygens (including phenoxy) is 1. The number of hydrogen-bond donors (Lipinski definition) is 0. The molecule has 2 rings (SSSR count). The number of benzene rings is 1. The van der Waals surface area contributed by atoms with Gasteiger partial charge in [0.05, 0.1) is 17.7 Å². The third-order valence-corrected chi connectivity index (χ3v) is 4.39. The highest BCUT2D eigenvalue weighted by Crippen LogP contribution is 2.27. The van der Waals surface area contributed by atoms with Crippen molar-refractivity contribution in [3.8, 4) is 0 Å². The lowest BCUT2D eigenvalue weighted by atomic mass is 10.1. The van der Waals surface area contributed by atoms with E-state index in [1.807, 2.05) is 18.4 Å². The van der Waals surface area contributed by atoms with Gasteiger partial charge in [-0.1, -0.05) is 0 Å². The highest BCUT2D eigenvalue weighted by Gasteiger charge is 2.14. The number of nitrogens with zero attached hydrogens (tertiary/aromatic N) is 1. The molecule has 0 atom stereocenters. The molecule has 0 amide bonds. The Morgan fingerprint density at radius 2 is 2.28 bits per heavy atom. The Hall–Kier alpha value is -0.820. The van der Waals surface area contributed by atoms with E-state index in [-0.39, 0.29) is 5.97 Å². The molecule has 0 aliphatic heterocycles. The van der Waals surface area contributed by atoms with Gasteiger partial charge in [0.15, 0.2) is 0 Å². The first-order valence-corrected chi connectivity index (χ1v) is 7.77. The minimum atomic E-state index is -0.314. The molecule has 0 saturated heterocycles. The second-order valence-electron chi connectivity index (χ2n) is 3.59. The average molecular weight is 373 g/mol. The fraction of sp³-hybridized carbons (Fsp3) is 0.231. The van der Waals surface area contributed by atoms with Crippen molar-refractivity contribution in [1.82, 2.24) is 4.98 Å². The van der Waals surface area contributed by atoms with E-state index in [0.29, 0.717) is 12.2 Å². The Balaban J connectivity index is 2.58. The zero-order valence-corrected chi connectivity index (χ0v) is 13.0. The van der Waals surface area contributed by atoms with Crippen molar-refractivity contribution < 1.29 is 9.53 Å². The van der Waals surface area contributed by atoms with Crippen molar-refractivity contribution in [1.29, 1.82) is 0 Å². The Morgan fingerprint density at radius 3 is 2.94 bits per heavy atom. The molecule has 3 nitrogen and oxygen atoms in total. The minimum absolute atomic E-state index is 0.314. The van der Waals surface area contributed by atoms with Crippen LogP contribution in [0.25, 0.3) is 10.9 Å². The predicted octanol–water partition coefficient (Wildman–Crippen LogP) is 3.74. The summed E-state index contributed by atoms with van der Waals surface area (Å²) < 4.78 is 5.92. The van der Waals surface area contributed by atoms with Crippen LogP contribution >= 0.6 is 34.4 Å². The molecule has 0 spiro atoms. The molecule has 5 heteroatoms. The summed E-state index contributed by atoms with van der Waals surface area (Å²) in [5.74, 6) is -0.314. The molecule has 2 aromatic rings. The van der Waals surface area contributed by atoms with Gasteiger partial charge >= 0.3 is 5.97 Å². The van der Waals surface area contributed by atoms with Gasteiger partial charge in [0.2, 0.25) is 0 Å². The fourth-order valence-corrected chi connectivity index (χ4v) is 2.85. The van der Waals surface area contributed by atoms with E-state index in [0.717, 1.165) is 19.4 Å². The Bertz CT molecular complexity index is 601. The molecule has 1 aromatic carbocycles. The van der Waals surface area contributed by atoms with Gasteiger partial charge in [-0.2, -0.15) is 0 Å². The van der Waals surface area contributed by atoms with E-state index in [9.17, 15) is 4.79 Å². The molecule has 18 heavy (non-hydrogen) atoms. The number of halogens is 1. The number of hydrogen-bond acceptors (Lipinski definition) is 4. The number of thioether (sulfide) groups is 1. The maximum absolute atomic E-state index is 11.8. The summed E-state index contributed by atoms with van der Waals surface area (Å²) in [6.07, 6.45) is 3.61. The van der Waals surface area contributed by atoms with E-state index >= 15 is 0 Å². The molecule has 94 valence electrons. The van der Waals surface area contributed by atoms with Crippen LogP contribution in [0.15, 0.2) is 29.3 Å². The highest BCUT2D eigenvalue weighted by molar-refractivity contribution is 14.1. The van der Waals surface area contributed by atoms with Crippen LogP contribution in [0.4, 0.5) is 0 Å². The lowest BCUT2D eigenvalue weighted by Gasteiger charge is -2.07. The van der Waals surface area contributed by atoms with Gasteiger partial charge in [-0.3, -0.25) is 4.98 Å². The third-order valence-electron chi connectivity index (χ3n) is 2.50. The van der Waals surface area contributed by atoms with Gasteiger partial charge in [0.25, 0.3) is 0 Å². The molecule has 0 aliphatic carbocycles. The lowest BCUT2D eigenvalue weighted by Crippen LogP contribution is -2.07. The van der Waals surface area contributed by atoms with Crippen LogP contribution in [0.2, 0.25) is 0 Å². The van der Waals surface area contributed by atoms with Gasteiger partial charge in [-0.25, -0.2) is 4.79 Å². The van der Waals surface area contributed by atoms with Crippen LogP contribution in [-0.2, 0) is 4.74 Å². The normalized spacial score (nSPS) is 10.6. The summed E-state index contributed by atoms with van der Waals surface area (Å²) in [6.45, 7) is 2.17. The van der Waals surface area contributed by atoms with Crippen LogP contribution in [0, 0.1) is 3.57 Å². The van der Waals surface area contributed by atoms with E-state index in [2.05, 4.69) is 33.6 Å². The molecule has 0 radical (unpaired) electrons. The molecule has 0 fully saturated rings. The van der Waals surface area contributed by atoms with Crippen molar-refractivity contribution >= 4 is 51.2 Å². The van der Waals surface area contributed by atoms with Gasteiger partial charge in [0.1, 0.15) is 0 Å². The maximum atomic E-state index is 11.8. The first-order chi connectivity index (χ1) is 8.67. The molecule has 0 unspecified atom stereocenters. The van der Waals surface area contributed by atoms with Gasteiger partial charge < -0.3 is 4.74 Å². The first kappa shape index (κ1) is 13.6. The number of esters is 1. The third kappa shape index (κ3) is 2.61. The first-order valence-electron chi connectivity index (χ1n) is 5.46. The molecule has 1 aromatic heterocycles. The van der Waals surface area contributed by atoms with Crippen molar-refractivity contribution in [3.63, 3.8) is 0 Å². The summed E-state index contributed by atoms with van der Waals surface area (Å²) in [4.78, 5) is 17.3. The summed E-state index contributed by atoms with van der Waals surface area (Å²) in [7, 11) is 0. The monoisotopic (exact) mass is 373 g/mol. The summed E-state index contributed by atoms with van der Waals surface area (Å²) in [6, 6.07) is 6.05. The number of carbonyl (C=O) groups excluding carboxylic acids is 1. The van der Waals surface area contributed by atoms with E-state index in [1.54, 1.807) is 24.9 Å². The Morgan fingerprint density at radius 1 is 1.50 bits per heavy atom. The zero-order valence-electron chi connectivity index (χ0n) is 10.1. The second-order valence-corrected chi connectivity index (χ2v) is 5.55. The topological polar surface area (TPSA) is 39.2 Å². The fourth-order valence-electron chi connectivity index (χ4n) is 1.62. The lowest BCUT2D eigenvalue weighted by molar-refractivity contribution is 0.0525. The number of rotatable bonds is 3. The Labute approximate surface area is 123 Å². The number of aromatic nitrogens is 1. The Kier molecular flexibility index (Phi) is 4.45. The molecular weight excluding hydrogens is 361 g/mol. The van der Waals surface area contributed by atoms with E-state index in [4.69, 9.17) is 4.74 Å². The van der Waals surface area contributed by atoms with Crippen molar-refractivity contribution in [2.24, 2.45) is 0 Å². The molecule has 0 N–H and O–H groups in total. The van der Waals surface area contributed by atoms with Crippen molar-refractivity contribution in [2.75, 3.05) is 12.9 Å². The van der Waals surface area contributed by atoms with Gasteiger partial charge in [-0.05, 0) is 54.0 Å². The quantitative estimate of drug-likeness (QED) is 0.467. The molecular formula is C13H12INO2S. The SMILES string of the molecule is CCOC(=O)c1cnc2ccc(SC)cc2c1I. The molecule has 0 saturated carbocycles. The second kappa shape index (κ2) is 5.88. The van der Waals surface area contributed by atoms with Crippen molar-refractivity contribution in [3.05, 3.63) is 33.5 Å². The van der Waals surface area contributed by atoms with Crippen LogP contribution in [0.5, 0.6) is 0 Å². The number of fused-ring (bicyclic) bond motifs is 1. The summed E-state index contributed by atoms with van der Waals surface area (Å²) >= 11 is 3.85. The highest BCUT2D eigenvalue weighted by atomic mass is 127. The van der Waals surface area contributed by atoms with Gasteiger partial charge in [-0.15, -0.1) is 11.8 Å². The van der Waals surface area contributed by atoms with Crippen LogP contribution in [-0.4, -0.2) is 23.8 Å².